The van der Waals surface area contributed by atoms with Gasteiger partial charge in [-0.2, -0.15) is 5.10 Å². The second kappa shape index (κ2) is 12.8. The molecule has 0 saturated heterocycles. The zero-order valence-electron chi connectivity index (χ0n) is 24.8. The molecule has 0 bridgehead atoms. The Morgan fingerprint density at radius 2 is 1.57 bits per heavy atom. The number of anilines is 2. The van der Waals surface area contributed by atoms with Gasteiger partial charge < -0.3 is 26.2 Å². The highest BCUT2D eigenvalue weighted by Crippen LogP contribution is 2.39. The van der Waals surface area contributed by atoms with E-state index in [1.54, 1.807) is 18.2 Å². The number of hydrogen-bond acceptors (Lipinski definition) is 6. The first-order valence-corrected chi connectivity index (χ1v) is 12.9. The number of carbonyl (C=O) groups excluding carboxylic acids is 2. The van der Waals surface area contributed by atoms with E-state index >= 15 is 0 Å². The van der Waals surface area contributed by atoms with E-state index in [2.05, 4.69) is 36.5 Å². The van der Waals surface area contributed by atoms with Crippen molar-refractivity contribution in [2.75, 3.05) is 24.3 Å². The molecule has 0 unspecified atom stereocenters. The minimum Gasteiger partial charge on any atom is -0.492 e. The van der Waals surface area contributed by atoms with Crippen LogP contribution in [-0.2, 0) is 10.2 Å². The Kier molecular flexibility index (Phi) is 10.2. The minimum absolute atomic E-state index is 0.0449. The number of nitrogens with zero attached hydrogens (tertiary/aromatic N) is 2. The second-order valence-corrected chi connectivity index (χ2v) is 11.7. The summed E-state index contributed by atoms with van der Waals surface area (Å²) in [6, 6.07) is 8.72. The van der Waals surface area contributed by atoms with Gasteiger partial charge in [-0.1, -0.05) is 47.6 Å². The summed E-state index contributed by atoms with van der Waals surface area (Å²) in [5, 5.41) is 18.9. The van der Waals surface area contributed by atoms with E-state index in [1.807, 2.05) is 39.8 Å². The van der Waals surface area contributed by atoms with Crippen LogP contribution in [0.25, 0.3) is 5.69 Å². The molecule has 0 atom stereocenters. The van der Waals surface area contributed by atoms with Crippen molar-refractivity contribution in [1.82, 2.24) is 9.78 Å². The van der Waals surface area contributed by atoms with Gasteiger partial charge >= 0.3 is 5.97 Å². The van der Waals surface area contributed by atoms with Crippen molar-refractivity contribution in [3.05, 3.63) is 65.0 Å². The first-order chi connectivity index (χ1) is 18.5. The first-order valence-electron chi connectivity index (χ1n) is 12.9. The fourth-order valence-electron chi connectivity index (χ4n) is 3.41. The molecule has 2 aromatic carbocycles. The van der Waals surface area contributed by atoms with Gasteiger partial charge in [-0.25, -0.2) is 9.48 Å². The fourth-order valence-corrected chi connectivity index (χ4v) is 3.41. The lowest BCUT2D eigenvalue weighted by Gasteiger charge is -2.24. The molecule has 3 rings (SSSR count). The molecule has 0 saturated carbocycles. The first kappa shape index (κ1) is 32.0. The lowest BCUT2D eigenvalue weighted by Crippen LogP contribution is -2.18. The van der Waals surface area contributed by atoms with Crippen LogP contribution in [0.15, 0.2) is 42.7 Å². The van der Waals surface area contributed by atoms with Crippen LogP contribution in [0.4, 0.5) is 11.4 Å². The number of benzene rings is 2. The maximum atomic E-state index is 13.2. The van der Waals surface area contributed by atoms with Gasteiger partial charge in [0.25, 0.3) is 5.91 Å². The molecule has 0 radical (unpaired) electrons. The fraction of sp³-hybridized carbons (Fsp3) is 0.400. The van der Waals surface area contributed by atoms with Crippen molar-refractivity contribution in [1.29, 1.82) is 0 Å². The topological polar surface area (TPSA) is 149 Å². The summed E-state index contributed by atoms with van der Waals surface area (Å²) in [5.41, 5.74) is 8.93. The average Bonchev–Trinajstić information content (AvgIpc) is 3.33. The van der Waals surface area contributed by atoms with Gasteiger partial charge in [-0.15, -0.1) is 0 Å². The Hall–Kier alpha value is -4.18. The maximum absolute atomic E-state index is 13.2. The van der Waals surface area contributed by atoms with E-state index in [1.165, 1.54) is 31.1 Å². The van der Waals surface area contributed by atoms with Crippen molar-refractivity contribution in [2.45, 2.75) is 60.8 Å². The molecular weight excluding hydrogens is 510 g/mol. The number of aromatic carboxylic acids is 1. The number of nitrogens with two attached hydrogens (primary N) is 1. The van der Waals surface area contributed by atoms with E-state index in [0.717, 1.165) is 17.7 Å². The number of nitrogens with one attached hydrogen (secondary N) is 2. The van der Waals surface area contributed by atoms with E-state index < -0.39 is 11.9 Å². The third-order valence-corrected chi connectivity index (χ3v) is 5.88. The number of methoxy groups -OCH3 is 1. The molecule has 10 heteroatoms. The van der Waals surface area contributed by atoms with Gasteiger partial charge in [-0.3, -0.25) is 9.59 Å². The molecule has 40 heavy (non-hydrogen) atoms. The average molecular weight is 552 g/mol. The molecule has 216 valence electrons. The Morgan fingerprint density at radius 3 is 2.02 bits per heavy atom. The molecular formula is C30H41N5O5. The number of ether oxygens (including phenoxy) is 1. The number of amides is 2. The summed E-state index contributed by atoms with van der Waals surface area (Å²) >= 11 is 0. The number of carbonyl (C=O) groups is 3. The van der Waals surface area contributed by atoms with E-state index in [9.17, 15) is 19.5 Å². The highest BCUT2D eigenvalue weighted by molar-refractivity contribution is 6.06. The second-order valence-electron chi connectivity index (χ2n) is 11.7. The van der Waals surface area contributed by atoms with Gasteiger partial charge in [0.2, 0.25) is 5.91 Å². The molecule has 0 aliphatic rings. The third kappa shape index (κ3) is 8.67. The number of rotatable bonds is 6. The molecule has 1 heterocycles. The largest absolute Gasteiger partial charge is 0.492 e. The van der Waals surface area contributed by atoms with Gasteiger partial charge in [0, 0.05) is 18.7 Å². The smallest absolute Gasteiger partial charge is 0.338 e. The monoisotopic (exact) mass is 551 g/mol. The van der Waals surface area contributed by atoms with Crippen LogP contribution >= 0.6 is 0 Å². The zero-order valence-corrected chi connectivity index (χ0v) is 24.8. The highest BCUT2D eigenvalue weighted by atomic mass is 16.5. The van der Waals surface area contributed by atoms with Crippen molar-refractivity contribution in [2.24, 2.45) is 11.1 Å². The number of aryl methyl sites for hydroxylation is 1. The summed E-state index contributed by atoms with van der Waals surface area (Å²) in [7, 11) is 1.47. The molecule has 1 aromatic heterocycles. The zero-order chi connectivity index (χ0) is 30.4. The van der Waals surface area contributed by atoms with Gasteiger partial charge in [0.1, 0.15) is 0 Å². The molecule has 0 spiro atoms. The van der Waals surface area contributed by atoms with Crippen LogP contribution < -0.4 is 21.1 Å². The Bertz CT molecular complexity index is 1380. The molecule has 0 fully saturated rings. The Labute approximate surface area is 235 Å². The predicted molar refractivity (Wildman–Crippen MR) is 158 cm³/mol. The lowest BCUT2D eigenvalue weighted by molar-refractivity contribution is -0.114. The van der Waals surface area contributed by atoms with Crippen molar-refractivity contribution < 1.29 is 24.2 Å². The van der Waals surface area contributed by atoms with Gasteiger partial charge in [0.15, 0.2) is 5.75 Å². The van der Waals surface area contributed by atoms with Crippen molar-refractivity contribution in [3.63, 3.8) is 0 Å². The van der Waals surface area contributed by atoms with Crippen LogP contribution in [0.5, 0.6) is 5.75 Å². The predicted octanol–water partition coefficient (Wildman–Crippen LogP) is 5.39. The summed E-state index contributed by atoms with van der Waals surface area (Å²) in [6.07, 6.45) is 2.64. The number of aromatic nitrogens is 2. The molecule has 0 aliphatic heterocycles. The third-order valence-electron chi connectivity index (χ3n) is 5.88. The van der Waals surface area contributed by atoms with Crippen molar-refractivity contribution in [3.8, 4) is 11.4 Å². The minimum atomic E-state index is -1.08. The van der Waals surface area contributed by atoms with Crippen LogP contribution in [-0.4, -0.2) is 46.3 Å². The summed E-state index contributed by atoms with van der Waals surface area (Å²) < 4.78 is 6.94. The summed E-state index contributed by atoms with van der Waals surface area (Å²) in [6.45, 7) is 16.5. The highest BCUT2D eigenvalue weighted by Gasteiger charge is 2.22. The van der Waals surface area contributed by atoms with Crippen LogP contribution in [0.2, 0.25) is 0 Å². The number of carboxylic acid groups (broad SMARTS) is 1. The SMILES string of the molecule is CC(C)(C)CN.COc1c(NC(C)=O)cc(C(C)(C)C)cc1NC(=O)c1ccc(C)c(-n2cc(C(=O)O)cn2)c1. The standard InChI is InChI=1S/C25H28N4O5.C5H13N/c1-14-7-8-16(9-21(14)29-13-17(12-26-29)24(32)33)23(31)28-20-11-18(25(3,4)5)10-19(22(20)34-6)27-15(2)30;1-5(2,3)4-6/h7-13H,1-6H3,(H,27,30)(H,28,31)(H,32,33);4,6H2,1-3H3. The van der Waals surface area contributed by atoms with Crippen LogP contribution in [0, 0.1) is 12.3 Å². The van der Waals surface area contributed by atoms with Crippen LogP contribution in [0.3, 0.4) is 0 Å². The summed E-state index contributed by atoms with van der Waals surface area (Å²) in [5.74, 6) is -1.41. The van der Waals surface area contributed by atoms with Crippen LogP contribution in [0.1, 0.15) is 80.3 Å². The Morgan fingerprint density at radius 1 is 1.00 bits per heavy atom. The summed E-state index contributed by atoms with van der Waals surface area (Å²) in [4.78, 5) is 36.2. The van der Waals surface area contributed by atoms with Gasteiger partial charge in [-0.05, 0) is 59.7 Å². The number of hydrogen-bond donors (Lipinski definition) is 4. The normalized spacial score (nSPS) is 11.2. The maximum Gasteiger partial charge on any atom is 0.338 e. The van der Waals surface area contributed by atoms with Gasteiger partial charge in [0.05, 0.1) is 35.9 Å². The quantitative estimate of drug-likeness (QED) is 0.321. The molecule has 0 aliphatic carbocycles. The van der Waals surface area contributed by atoms with Crippen molar-refractivity contribution >= 4 is 29.2 Å². The van der Waals surface area contributed by atoms with E-state index in [4.69, 9.17) is 10.5 Å². The van der Waals surface area contributed by atoms with E-state index in [-0.39, 0.29) is 16.9 Å². The molecule has 10 nitrogen and oxygen atoms in total. The lowest BCUT2D eigenvalue weighted by atomic mass is 9.86. The number of carboxylic acids is 1. The molecule has 3 aromatic rings. The molecule has 2 amide bonds. The Balaban J connectivity index is 0.000000840. The van der Waals surface area contributed by atoms with E-state index in [0.29, 0.717) is 33.8 Å². The molecule has 5 N–H and O–H groups in total.